The summed E-state index contributed by atoms with van der Waals surface area (Å²) in [4.78, 5) is 9.16. The average Bonchev–Trinajstić information content (AvgIpc) is 3.10. The van der Waals surface area contributed by atoms with Crippen LogP contribution in [0, 0.1) is 18.3 Å². The lowest BCUT2D eigenvalue weighted by Gasteiger charge is -2.08. The Bertz CT molecular complexity index is 1140. The molecule has 0 fully saturated rings. The van der Waals surface area contributed by atoms with E-state index in [9.17, 15) is 0 Å². The minimum absolute atomic E-state index is 0.273. The molecule has 0 aliphatic rings. The first kappa shape index (κ1) is 15.8. The molecule has 4 rings (SSSR count). The van der Waals surface area contributed by atoms with Gasteiger partial charge in [0.1, 0.15) is 0 Å². The first-order valence-electron chi connectivity index (χ1n) is 8.22. The molecule has 0 atom stereocenters. The summed E-state index contributed by atoms with van der Waals surface area (Å²) in [7, 11) is 0. The third-order valence-electron chi connectivity index (χ3n) is 4.26. The van der Waals surface area contributed by atoms with Crippen molar-refractivity contribution in [3.05, 3.63) is 77.1 Å². The first-order chi connectivity index (χ1) is 12.7. The molecule has 2 N–H and O–H groups in total. The zero-order chi connectivity index (χ0) is 18.1. The second-order valence-electron chi connectivity index (χ2n) is 6.06. The van der Waals surface area contributed by atoms with Crippen LogP contribution in [0.2, 0.25) is 0 Å². The molecule has 0 unspecified atom stereocenters. The van der Waals surface area contributed by atoms with Gasteiger partial charge in [-0.25, -0.2) is 9.97 Å². The van der Waals surface area contributed by atoms with Crippen LogP contribution in [0.4, 0.5) is 5.95 Å². The highest BCUT2D eigenvalue weighted by molar-refractivity contribution is 5.72. The molecule has 0 aliphatic heterocycles. The van der Waals surface area contributed by atoms with E-state index in [1.54, 1.807) is 16.6 Å². The molecule has 0 radical (unpaired) electrons. The maximum atomic E-state index is 9.13. The molecule has 0 spiro atoms. The minimum atomic E-state index is 0.273. The molecule has 0 bridgehead atoms. The van der Waals surface area contributed by atoms with Gasteiger partial charge >= 0.3 is 0 Å². The molecular weight excluding hydrogens is 324 g/mol. The monoisotopic (exact) mass is 340 g/mol. The molecule has 4 aromatic rings. The largest absolute Gasteiger partial charge is 0.368 e. The minimum Gasteiger partial charge on any atom is -0.368 e. The van der Waals surface area contributed by atoms with Gasteiger partial charge in [-0.2, -0.15) is 9.78 Å². The zero-order valence-corrected chi connectivity index (χ0v) is 14.2. The van der Waals surface area contributed by atoms with Gasteiger partial charge in [0.25, 0.3) is 0 Å². The third kappa shape index (κ3) is 2.76. The van der Waals surface area contributed by atoms with E-state index in [0.717, 1.165) is 16.7 Å². The van der Waals surface area contributed by atoms with Crippen LogP contribution in [-0.2, 0) is 6.42 Å². The Morgan fingerprint density at radius 1 is 1.08 bits per heavy atom. The zero-order valence-electron chi connectivity index (χ0n) is 14.2. The van der Waals surface area contributed by atoms with E-state index in [1.165, 1.54) is 0 Å². The molecule has 2 heterocycles. The Labute approximate surface area is 150 Å². The van der Waals surface area contributed by atoms with Gasteiger partial charge in [-0.1, -0.05) is 42.5 Å². The van der Waals surface area contributed by atoms with Gasteiger partial charge in [0.15, 0.2) is 11.5 Å². The quantitative estimate of drug-likeness (QED) is 0.618. The lowest BCUT2D eigenvalue weighted by molar-refractivity contribution is 0.888. The highest BCUT2D eigenvalue weighted by Gasteiger charge is 2.15. The molecule has 2 aromatic heterocycles. The number of aryl methyl sites for hydroxylation is 1. The third-order valence-corrected chi connectivity index (χ3v) is 4.26. The standard InChI is InChI=1S/C20H16N6/c1-13-18(16-9-5-8-15(10-16)12-21)24-20(22)26-19(13)23-17(25-26)11-14-6-3-2-4-7-14/h2-10H,11H2,1H3,(H2,22,24). The average molecular weight is 340 g/mol. The van der Waals surface area contributed by atoms with Gasteiger partial charge in [0.05, 0.1) is 17.3 Å². The molecule has 6 nitrogen and oxygen atoms in total. The molecular formula is C20H16N6. The van der Waals surface area contributed by atoms with Crippen molar-refractivity contribution < 1.29 is 0 Å². The van der Waals surface area contributed by atoms with E-state index < -0.39 is 0 Å². The highest BCUT2D eigenvalue weighted by Crippen LogP contribution is 2.26. The smallest absolute Gasteiger partial charge is 0.223 e. The Morgan fingerprint density at radius 3 is 2.65 bits per heavy atom. The van der Waals surface area contributed by atoms with Gasteiger partial charge < -0.3 is 5.73 Å². The topological polar surface area (TPSA) is 92.9 Å². The number of nitrogens with two attached hydrogens (primary N) is 1. The Morgan fingerprint density at radius 2 is 1.88 bits per heavy atom. The molecule has 2 aromatic carbocycles. The van der Waals surface area contributed by atoms with Crippen molar-refractivity contribution in [2.75, 3.05) is 5.73 Å². The van der Waals surface area contributed by atoms with Crippen molar-refractivity contribution in [3.63, 3.8) is 0 Å². The summed E-state index contributed by atoms with van der Waals surface area (Å²) in [5, 5.41) is 13.6. The van der Waals surface area contributed by atoms with Crippen molar-refractivity contribution >= 4 is 11.6 Å². The van der Waals surface area contributed by atoms with Gasteiger partial charge in [0.2, 0.25) is 5.95 Å². The van der Waals surface area contributed by atoms with Crippen molar-refractivity contribution in [3.8, 4) is 17.3 Å². The predicted molar refractivity (Wildman–Crippen MR) is 99.3 cm³/mol. The van der Waals surface area contributed by atoms with Gasteiger partial charge in [0, 0.05) is 17.5 Å². The molecule has 126 valence electrons. The molecule has 0 aliphatic carbocycles. The van der Waals surface area contributed by atoms with E-state index in [0.29, 0.717) is 29.1 Å². The van der Waals surface area contributed by atoms with Crippen LogP contribution in [0.5, 0.6) is 0 Å². The van der Waals surface area contributed by atoms with Crippen molar-refractivity contribution in [2.24, 2.45) is 0 Å². The lowest BCUT2D eigenvalue weighted by Crippen LogP contribution is -2.05. The number of hydrogen-bond acceptors (Lipinski definition) is 5. The number of nitrogens with zero attached hydrogens (tertiary/aromatic N) is 5. The highest BCUT2D eigenvalue weighted by atomic mass is 15.3. The fraction of sp³-hybridized carbons (Fsp3) is 0.100. The molecule has 0 saturated carbocycles. The van der Waals surface area contributed by atoms with Crippen LogP contribution in [0.25, 0.3) is 16.9 Å². The SMILES string of the molecule is Cc1c(-c2cccc(C#N)c2)nc(N)n2nc(Cc3ccccc3)nc12. The summed E-state index contributed by atoms with van der Waals surface area (Å²) < 4.78 is 1.57. The first-order valence-corrected chi connectivity index (χ1v) is 8.22. The van der Waals surface area contributed by atoms with Crippen molar-refractivity contribution in [2.45, 2.75) is 13.3 Å². The van der Waals surface area contributed by atoms with E-state index >= 15 is 0 Å². The Balaban J connectivity index is 1.82. The molecule has 0 amide bonds. The van der Waals surface area contributed by atoms with Crippen molar-refractivity contribution in [1.29, 1.82) is 5.26 Å². The number of benzene rings is 2. The second-order valence-corrected chi connectivity index (χ2v) is 6.06. The number of aromatic nitrogens is 4. The second kappa shape index (κ2) is 6.30. The van der Waals surface area contributed by atoms with Gasteiger partial charge in [-0.05, 0) is 24.6 Å². The van der Waals surface area contributed by atoms with Crippen LogP contribution in [0.3, 0.4) is 0 Å². The molecule has 26 heavy (non-hydrogen) atoms. The van der Waals surface area contributed by atoms with E-state index in [4.69, 9.17) is 11.0 Å². The van der Waals surface area contributed by atoms with Crippen LogP contribution in [0.1, 0.15) is 22.5 Å². The van der Waals surface area contributed by atoms with Crippen LogP contribution >= 0.6 is 0 Å². The molecule has 0 saturated heterocycles. The summed E-state index contributed by atoms with van der Waals surface area (Å²) in [6.45, 7) is 1.94. The van der Waals surface area contributed by atoms with E-state index in [2.05, 4.69) is 21.1 Å². The van der Waals surface area contributed by atoms with Gasteiger partial charge in [-0.3, -0.25) is 0 Å². The van der Waals surface area contributed by atoms with Crippen molar-refractivity contribution in [1.82, 2.24) is 19.6 Å². The molecule has 6 heteroatoms. The number of fused-ring (bicyclic) bond motifs is 1. The van der Waals surface area contributed by atoms with Crippen LogP contribution < -0.4 is 5.73 Å². The fourth-order valence-electron chi connectivity index (χ4n) is 2.98. The number of rotatable bonds is 3. The summed E-state index contributed by atoms with van der Waals surface area (Å²) in [5.74, 6) is 0.963. The maximum absolute atomic E-state index is 9.13. The van der Waals surface area contributed by atoms with E-state index in [1.807, 2.05) is 49.4 Å². The fourth-order valence-corrected chi connectivity index (χ4v) is 2.98. The number of anilines is 1. The summed E-state index contributed by atoms with van der Waals surface area (Å²) in [6.07, 6.45) is 0.626. The number of nitriles is 1. The summed E-state index contributed by atoms with van der Waals surface area (Å²) >= 11 is 0. The normalized spacial score (nSPS) is 10.8. The number of hydrogen-bond donors (Lipinski definition) is 1. The van der Waals surface area contributed by atoms with E-state index in [-0.39, 0.29) is 5.95 Å². The lowest BCUT2D eigenvalue weighted by atomic mass is 10.1. The van der Waals surface area contributed by atoms with Crippen LogP contribution in [-0.4, -0.2) is 19.6 Å². The summed E-state index contributed by atoms with van der Waals surface area (Å²) in [6, 6.07) is 19.5. The van der Waals surface area contributed by atoms with Gasteiger partial charge in [-0.15, -0.1) is 5.10 Å². The van der Waals surface area contributed by atoms with Crippen LogP contribution in [0.15, 0.2) is 54.6 Å². The predicted octanol–water partition coefficient (Wildman–Crippen LogP) is 3.14. The Hall–Kier alpha value is -3.72. The summed E-state index contributed by atoms with van der Waals surface area (Å²) in [5.41, 5.74) is 10.9. The number of nitrogen functional groups attached to an aromatic ring is 1. The Kier molecular flexibility index (Phi) is 3.82. The maximum Gasteiger partial charge on any atom is 0.223 e.